The van der Waals surface area contributed by atoms with E-state index in [1.54, 1.807) is 12.1 Å². The molecule has 0 spiro atoms. The van der Waals surface area contributed by atoms with Gasteiger partial charge < -0.3 is 15.0 Å². The van der Waals surface area contributed by atoms with E-state index in [9.17, 15) is 14.7 Å². The summed E-state index contributed by atoms with van der Waals surface area (Å²) in [6, 6.07) is 31.0. The molecule has 0 aliphatic rings. The smallest absolute Gasteiger partial charge is 0.336 e. The molecule has 0 fully saturated rings. The maximum atomic E-state index is 13.3. The van der Waals surface area contributed by atoms with Crippen LogP contribution in [0.15, 0.2) is 97.1 Å². The van der Waals surface area contributed by atoms with Crippen molar-refractivity contribution in [2.24, 2.45) is 0 Å². The van der Waals surface area contributed by atoms with Gasteiger partial charge in [-0.15, -0.1) is 0 Å². The second kappa shape index (κ2) is 11.0. The molecule has 5 nitrogen and oxygen atoms in total. The van der Waals surface area contributed by atoms with Crippen molar-refractivity contribution in [2.45, 2.75) is 39.8 Å². The molecule has 0 saturated heterocycles. The number of benzene rings is 4. The van der Waals surface area contributed by atoms with Crippen LogP contribution < -0.4 is 5.32 Å². The molecule has 5 heteroatoms. The van der Waals surface area contributed by atoms with Crippen LogP contribution in [0.4, 0.5) is 0 Å². The Labute approximate surface area is 228 Å². The van der Waals surface area contributed by atoms with E-state index < -0.39 is 5.97 Å². The molecule has 5 rings (SSSR count). The topological polar surface area (TPSA) is 71.3 Å². The van der Waals surface area contributed by atoms with Gasteiger partial charge in [-0.3, -0.25) is 4.79 Å². The molecular weight excluding hydrogens is 484 g/mol. The molecule has 0 aliphatic carbocycles. The number of rotatable bonds is 8. The van der Waals surface area contributed by atoms with Crippen LogP contribution in [0, 0.1) is 13.8 Å². The summed E-state index contributed by atoms with van der Waals surface area (Å²) in [6.07, 6.45) is 0.805. The Balaban J connectivity index is 1.43. The number of carbonyl (C=O) groups is 2. The van der Waals surface area contributed by atoms with Crippen LogP contribution in [0.1, 0.15) is 62.5 Å². The van der Waals surface area contributed by atoms with Gasteiger partial charge in [0, 0.05) is 28.7 Å². The highest BCUT2D eigenvalue weighted by atomic mass is 16.4. The van der Waals surface area contributed by atoms with Crippen molar-refractivity contribution in [1.29, 1.82) is 0 Å². The van der Waals surface area contributed by atoms with Crippen molar-refractivity contribution < 1.29 is 14.7 Å². The van der Waals surface area contributed by atoms with Gasteiger partial charge in [-0.05, 0) is 66.3 Å². The lowest BCUT2D eigenvalue weighted by Gasteiger charge is -2.18. The van der Waals surface area contributed by atoms with Crippen LogP contribution in [-0.2, 0) is 6.54 Å². The minimum Gasteiger partial charge on any atom is -0.478 e. The molecule has 5 aromatic rings. The van der Waals surface area contributed by atoms with Crippen LogP contribution in [0.2, 0.25) is 0 Å². The molecule has 0 bridgehead atoms. The first-order valence-electron chi connectivity index (χ1n) is 13.2. The molecule has 1 heterocycles. The largest absolute Gasteiger partial charge is 0.478 e. The number of nitrogens with one attached hydrogen (secondary N) is 1. The highest BCUT2D eigenvalue weighted by Crippen LogP contribution is 2.29. The van der Waals surface area contributed by atoms with E-state index in [1.165, 1.54) is 5.56 Å². The van der Waals surface area contributed by atoms with Crippen molar-refractivity contribution in [2.75, 3.05) is 0 Å². The quantitative estimate of drug-likeness (QED) is 0.224. The zero-order valence-corrected chi connectivity index (χ0v) is 22.4. The Bertz CT molecular complexity index is 1650. The van der Waals surface area contributed by atoms with Crippen LogP contribution in [0.25, 0.3) is 22.0 Å². The van der Waals surface area contributed by atoms with Crippen molar-refractivity contribution in [3.8, 4) is 11.1 Å². The first kappa shape index (κ1) is 26.0. The van der Waals surface area contributed by atoms with Crippen LogP contribution >= 0.6 is 0 Å². The van der Waals surface area contributed by atoms with Crippen LogP contribution in [-0.4, -0.2) is 21.6 Å². The fraction of sp³-hybridized carbons (Fsp3) is 0.176. The van der Waals surface area contributed by atoms with Gasteiger partial charge in [0.1, 0.15) is 0 Å². The second-order valence-electron chi connectivity index (χ2n) is 9.92. The first-order valence-corrected chi connectivity index (χ1v) is 13.2. The number of fused-ring (bicyclic) bond motifs is 1. The van der Waals surface area contributed by atoms with E-state index in [-0.39, 0.29) is 17.5 Å². The summed E-state index contributed by atoms with van der Waals surface area (Å²) in [5.74, 6) is -1.02. The Hall–Kier alpha value is -4.64. The van der Waals surface area contributed by atoms with E-state index in [1.807, 2.05) is 84.9 Å². The fourth-order valence-corrected chi connectivity index (χ4v) is 5.24. The van der Waals surface area contributed by atoms with Crippen LogP contribution in [0.3, 0.4) is 0 Å². The third kappa shape index (κ3) is 5.21. The minimum absolute atomic E-state index is 0.0468. The van der Waals surface area contributed by atoms with E-state index in [0.717, 1.165) is 39.7 Å². The van der Waals surface area contributed by atoms with Gasteiger partial charge >= 0.3 is 5.97 Å². The Morgan fingerprint density at radius 3 is 2.26 bits per heavy atom. The van der Waals surface area contributed by atoms with E-state index in [4.69, 9.17) is 0 Å². The predicted molar refractivity (Wildman–Crippen MR) is 156 cm³/mol. The second-order valence-corrected chi connectivity index (χ2v) is 9.92. The molecule has 4 aromatic carbocycles. The zero-order chi connectivity index (χ0) is 27.5. The molecule has 0 saturated carbocycles. The normalized spacial score (nSPS) is 11.9. The molecule has 2 N–H and O–H groups in total. The number of aromatic carboxylic acids is 1. The van der Waals surface area contributed by atoms with E-state index >= 15 is 0 Å². The number of carbonyl (C=O) groups excluding carboxylic acids is 1. The molecule has 1 amide bonds. The Morgan fingerprint density at radius 2 is 1.56 bits per heavy atom. The molecule has 1 aromatic heterocycles. The van der Waals surface area contributed by atoms with Crippen molar-refractivity contribution in [3.63, 3.8) is 0 Å². The molecule has 0 radical (unpaired) electrons. The summed E-state index contributed by atoms with van der Waals surface area (Å²) >= 11 is 0. The number of amides is 1. The van der Waals surface area contributed by atoms with Gasteiger partial charge in [0.15, 0.2) is 0 Å². The molecule has 39 heavy (non-hydrogen) atoms. The lowest BCUT2D eigenvalue weighted by Crippen LogP contribution is -2.28. The van der Waals surface area contributed by atoms with Crippen molar-refractivity contribution in [3.05, 3.63) is 131 Å². The van der Waals surface area contributed by atoms with Gasteiger partial charge in [-0.2, -0.15) is 0 Å². The maximum absolute atomic E-state index is 13.3. The SMILES string of the molecule is CCC(NC(=O)c1ccc2c(C)c(C)n(Cc3ccc(-c4ccccc4C(=O)O)cc3)c2c1)c1ccccc1. The third-order valence-electron chi connectivity index (χ3n) is 7.58. The van der Waals surface area contributed by atoms with Gasteiger partial charge in [0.25, 0.3) is 5.91 Å². The van der Waals surface area contributed by atoms with Crippen molar-refractivity contribution in [1.82, 2.24) is 9.88 Å². The number of aromatic nitrogens is 1. The van der Waals surface area contributed by atoms with Crippen molar-refractivity contribution >= 4 is 22.8 Å². The molecule has 196 valence electrons. The van der Waals surface area contributed by atoms with E-state index in [2.05, 4.69) is 30.7 Å². The number of nitrogens with zero attached hydrogens (tertiary/aromatic N) is 1. The zero-order valence-electron chi connectivity index (χ0n) is 22.4. The summed E-state index contributed by atoms with van der Waals surface area (Å²) in [4.78, 5) is 24.9. The Morgan fingerprint density at radius 1 is 0.872 bits per heavy atom. The summed E-state index contributed by atoms with van der Waals surface area (Å²) in [5.41, 5.74) is 8.04. The minimum atomic E-state index is -0.937. The molecular formula is C34H32N2O3. The molecule has 1 unspecified atom stereocenters. The van der Waals surface area contributed by atoms with Crippen LogP contribution in [0.5, 0.6) is 0 Å². The molecule has 1 atom stereocenters. The summed E-state index contributed by atoms with van der Waals surface area (Å²) in [5, 5.41) is 13.9. The summed E-state index contributed by atoms with van der Waals surface area (Å²) in [7, 11) is 0. The van der Waals surface area contributed by atoms with Gasteiger partial charge in [-0.1, -0.05) is 85.8 Å². The van der Waals surface area contributed by atoms with Gasteiger partial charge in [0.2, 0.25) is 0 Å². The lowest BCUT2D eigenvalue weighted by molar-refractivity contribution is 0.0697. The highest BCUT2D eigenvalue weighted by Gasteiger charge is 2.18. The van der Waals surface area contributed by atoms with Gasteiger partial charge in [-0.25, -0.2) is 4.79 Å². The fourth-order valence-electron chi connectivity index (χ4n) is 5.24. The average molecular weight is 517 g/mol. The Kier molecular flexibility index (Phi) is 7.33. The standard InChI is InChI=1S/C34H32N2O3/c1-4-31(26-10-6-5-7-11-26)35-33(37)27-18-19-28-22(2)23(3)36(32(28)20-27)21-24-14-16-25(17-15-24)29-12-8-9-13-30(29)34(38)39/h5-20,31H,4,21H2,1-3H3,(H,35,37)(H,38,39). The number of aryl methyl sites for hydroxylation is 1. The third-order valence-corrected chi connectivity index (χ3v) is 7.58. The predicted octanol–water partition coefficient (Wildman–Crippen LogP) is 7.55. The summed E-state index contributed by atoms with van der Waals surface area (Å²) in [6.45, 7) is 6.94. The summed E-state index contributed by atoms with van der Waals surface area (Å²) < 4.78 is 2.25. The number of hydrogen-bond acceptors (Lipinski definition) is 2. The van der Waals surface area contributed by atoms with Gasteiger partial charge in [0.05, 0.1) is 11.6 Å². The highest BCUT2D eigenvalue weighted by molar-refractivity contribution is 5.99. The number of carboxylic acid groups (broad SMARTS) is 1. The first-order chi connectivity index (χ1) is 18.9. The van der Waals surface area contributed by atoms with E-state index in [0.29, 0.717) is 17.7 Å². The average Bonchev–Trinajstić information content (AvgIpc) is 3.20. The monoisotopic (exact) mass is 516 g/mol. The maximum Gasteiger partial charge on any atom is 0.336 e. The molecule has 0 aliphatic heterocycles. The number of carboxylic acids is 1. The number of hydrogen-bond donors (Lipinski definition) is 2. The lowest BCUT2D eigenvalue weighted by atomic mass is 9.99.